The quantitative estimate of drug-likeness (QED) is 0.901. The summed E-state index contributed by atoms with van der Waals surface area (Å²) in [5.74, 6) is -0.445. The van der Waals surface area contributed by atoms with Gasteiger partial charge < -0.3 is 0 Å². The molecule has 1 aliphatic rings. The number of hydrogen-bond donors (Lipinski definition) is 1. The summed E-state index contributed by atoms with van der Waals surface area (Å²) in [6.45, 7) is 3.14. The number of rotatable bonds is 2. The summed E-state index contributed by atoms with van der Waals surface area (Å²) in [6.07, 6.45) is -4.59. The number of hydrazine groups is 1. The number of carbonyl (C=O) groups is 1. The number of benzene rings is 2. The minimum Gasteiger partial charge on any atom is -0.287 e. The predicted molar refractivity (Wildman–Crippen MR) is 86.1 cm³/mol. The minimum atomic E-state index is -4.59. The first kappa shape index (κ1) is 17.2. The lowest BCUT2D eigenvalue weighted by Gasteiger charge is -2.30. The number of halogens is 3. The Morgan fingerprint density at radius 2 is 1.84 bits per heavy atom. The van der Waals surface area contributed by atoms with Gasteiger partial charge in [-0.2, -0.15) is 18.4 Å². The van der Waals surface area contributed by atoms with Crippen molar-refractivity contribution in [2.75, 3.05) is 6.54 Å². The normalized spacial score (nSPS) is 18.8. The van der Waals surface area contributed by atoms with E-state index in [1.54, 1.807) is 38.1 Å². The Balaban J connectivity index is 2.18. The van der Waals surface area contributed by atoms with Crippen molar-refractivity contribution >= 4 is 16.7 Å². The number of fused-ring (bicyclic) bond motifs is 1. The molecule has 2 aromatic carbocycles. The van der Waals surface area contributed by atoms with Gasteiger partial charge in [-0.25, -0.2) is 5.01 Å². The number of nitriles is 1. The molecule has 25 heavy (non-hydrogen) atoms. The van der Waals surface area contributed by atoms with Gasteiger partial charge in [0.15, 0.2) is 6.04 Å². The Morgan fingerprint density at radius 3 is 2.36 bits per heavy atom. The van der Waals surface area contributed by atoms with E-state index in [0.717, 1.165) is 5.01 Å². The number of alkyl halides is 3. The van der Waals surface area contributed by atoms with Crippen LogP contribution < -0.4 is 5.43 Å². The van der Waals surface area contributed by atoms with E-state index in [9.17, 15) is 23.2 Å². The van der Waals surface area contributed by atoms with Gasteiger partial charge in [0.25, 0.3) is 0 Å². The molecule has 4 nitrogen and oxygen atoms in total. The van der Waals surface area contributed by atoms with Gasteiger partial charge >= 0.3 is 6.18 Å². The third-order valence-corrected chi connectivity index (χ3v) is 4.42. The largest absolute Gasteiger partial charge is 0.409 e. The summed E-state index contributed by atoms with van der Waals surface area (Å²) in [7, 11) is 0. The average Bonchev–Trinajstić information content (AvgIpc) is 2.79. The summed E-state index contributed by atoms with van der Waals surface area (Å²) < 4.78 is 41.7. The number of carbonyl (C=O) groups excluding carboxylic acids is 1. The Morgan fingerprint density at radius 1 is 1.20 bits per heavy atom. The van der Waals surface area contributed by atoms with E-state index >= 15 is 0 Å². The maximum absolute atomic E-state index is 13.9. The fraction of sp³-hybridized carbons (Fsp3) is 0.333. The van der Waals surface area contributed by atoms with Crippen LogP contribution >= 0.6 is 0 Å². The molecule has 130 valence electrons. The summed E-state index contributed by atoms with van der Waals surface area (Å²) in [6, 6.07) is 9.21. The molecule has 7 heteroatoms. The van der Waals surface area contributed by atoms with Gasteiger partial charge in [0.2, 0.25) is 5.91 Å². The predicted octanol–water partition coefficient (Wildman–Crippen LogP) is 3.69. The first-order chi connectivity index (χ1) is 11.6. The van der Waals surface area contributed by atoms with Crippen LogP contribution in [0.5, 0.6) is 0 Å². The molecule has 1 N–H and O–H groups in total. The van der Waals surface area contributed by atoms with Crippen LogP contribution in [0.25, 0.3) is 10.8 Å². The van der Waals surface area contributed by atoms with E-state index in [2.05, 4.69) is 5.43 Å². The molecule has 1 aliphatic heterocycles. The Kier molecular flexibility index (Phi) is 3.96. The molecule has 0 saturated carbocycles. The van der Waals surface area contributed by atoms with Gasteiger partial charge in [0, 0.05) is 6.54 Å². The highest BCUT2D eigenvalue weighted by Gasteiger charge is 2.51. The molecule has 0 radical (unpaired) electrons. The van der Waals surface area contributed by atoms with Gasteiger partial charge in [-0.3, -0.25) is 10.2 Å². The van der Waals surface area contributed by atoms with Gasteiger partial charge in [0.05, 0.1) is 17.0 Å². The number of hydrogen-bond acceptors (Lipinski definition) is 3. The Labute approximate surface area is 142 Å². The molecule has 2 aromatic rings. The van der Waals surface area contributed by atoms with Crippen molar-refractivity contribution in [1.29, 1.82) is 5.26 Å². The topological polar surface area (TPSA) is 56.1 Å². The van der Waals surface area contributed by atoms with E-state index in [1.807, 2.05) is 6.07 Å². The smallest absolute Gasteiger partial charge is 0.287 e. The van der Waals surface area contributed by atoms with Crippen molar-refractivity contribution in [3.05, 3.63) is 47.5 Å². The van der Waals surface area contributed by atoms with E-state index in [4.69, 9.17) is 0 Å². The molecule has 0 spiro atoms. The van der Waals surface area contributed by atoms with Crippen LogP contribution in [0.4, 0.5) is 13.2 Å². The monoisotopic (exact) mass is 347 g/mol. The second-order valence-electron chi connectivity index (χ2n) is 6.76. The highest BCUT2D eigenvalue weighted by atomic mass is 19.4. The Hall–Kier alpha value is -2.59. The molecule has 0 unspecified atom stereocenters. The molecule has 1 heterocycles. The molecule has 1 amide bonds. The van der Waals surface area contributed by atoms with Crippen LogP contribution in [0.1, 0.15) is 31.0 Å². The maximum atomic E-state index is 13.9. The number of amides is 1. The van der Waals surface area contributed by atoms with E-state index in [1.165, 1.54) is 12.1 Å². The lowest BCUT2D eigenvalue weighted by molar-refractivity contribution is -0.191. The van der Waals surface area contributed by atoms with Crippen LogP contribution in [0, 0.1) is 16.7 Å². The standard InChI is InChI=1S/C18H16F3N3O/c1-17(2)10-24(23-16(17)25)15(18(19,20)21)14-8-7-11(9-22)12-5-3-4-6-13(12)14/h3-8,15H,10H2,1-2H3,(H,23,25)/t15-/m0/s1. The SMILES string of the molecule is CC1(C)CN([C@@H](c2ccc(C#N)c3ccccc23)C(F)(F)F)NC1=O. The summed E-state index contributed by atoms with van der Waals surface area (Å²) in [5, 5.41) is 11.0. The number of nitrogens with zero attached hydrogens (tertiary/aromatic N) is 2. The van der Waals surface area contributed by atoms with Gasteiger partial charge in [-0.1, -0.05) is 30.3 Å². The van der Waals surface area contributed by atoms with Crippen LogP contribution in [-0.4, -0.2) is 23.6 Å². The van der Waals surface area contributed by atoms with Crippen LogP contribution in [0.3, 0.4) is 0 Å². The van der Waals surface area contributed by atoms with Crippen molar-refractivity contribution in [3.8, 4) is 6.07 Å². The first-order valence-corrected chi connectivity index (χ1v) is 7.71. The van der Waals surface area contributed by atoms with Crippen molar-refractivity contribution in [3.63, 3.8) is 0 Å². The molecule has 1 fully saturated rings. The van der Waals surface area contributed by atoms with E-state index in [-0.39, 0.29) is 12.1 Å². The molecule has 1 saturated heterocycles. The van der Waals surface area contributed by atoms with Crippen molar-refractivity contribution in [2.24, 2.45) is 5.41 Å². The van der Waals surface area contributed by atoms with Crippen molar-refractivity contribution in [1.82, 2.24) is 10.4 Å². The zero-order valence-electron chi connectivity index (χ0n) is 13.7. The van der Waals surface area contributed by atoms with Crippen LogP contribution in [0.2, 0.25) is 0 Å². The molecule has 0 aromatic heterocycles. The fourth-order valence-electron chi connectivity index (χ4n) is 3.15. The molecule has 0 aliphatic carbocycles. The molecule has 0 bridgehead atoms. The fourth-order valence-corrected chi connectivity index (χ4v) is 3.15. The maximum Gasteiger partial charge on any atom is 0.409 e. The van der Waals surface area contributed by atoms with Gasteiger partial charge in [-0.05, 0) is 36.2 Å². The van der Waals surface area contributed by atoms with E-state index in [0.29, 0.717) is 16.3 Å². The Bertz CT molecular complexity index is 883. The highest BCUT2D eigenvalue weighted by molar-refractivity contribution is 5.91. The van der Waals surface area contributed by atoms with Crippen LogP contribution in [-0.2, 0) is 4.79 Å². The molecule has 1 atom stereocenters. The second-order valence-corrected chi connectivity index (χ2v) is 6.76. The van der Waals surface area contributed by atoms with Crippen LogP contribution in [0.15, 0.2) is 36.4 Å². The van der Waals surface area contributed by atoms with E-state index < -0.39 is 23.5 Å². The lowest BCUT2D eigenvalue weighted by atomic mass is 9.92. The summed E-state index contributed by atoms with van der Waals surface area (Å²) >= 11 is 0. The molecule has 3 rings (SSSR count). The lowest BCUT2D eigenvalue weighted by Crippen LogP contribution is -2.43. The minimum absolute atomic E-state index is 0.0140. The summed E-state index contributed by atoms with van der Waals surface area (Å²) in [4.78, 5) is 12.0. The average molecular weight is 347 g/mol. The first-order valence-electron chi connectivity index (χ1n) is 7.71. The summed E-state index contributed by atoms with van der Waals surface area (Å²) in [5.41, 5.74) is 1.77. The van der Waals surface area contributed by atoms with Crippen molar-refractivity contribution < 1.29 is 18.0 Å². The van der Waals surface area contributed by atoms with Gasteiger partial charge in [0.1, 0.15) is 0 Å². The van der Waals surface area contributed by atoms with Gasteiger partial charge in [-0.15, -0.1) is 0 Å². The number of nitrogens with one attached hydrogen (secondary N) is 1. The van der Waals surface area contributed by atoms with Crippen molar-refractivity contribution in [2.45, 2.75) is 26.1 Å². The molecular formula is C18H16F3N3O. The molecular weight excluding hydrogens is 331 g/mol. The second kappa shape index (κ2) is 5.74. The third-order valence-electron chi connectivity index (χ3n) is 4.42. The highest BCUT2D eigenvalue weighted by Crippen LogP contribution is 2.43. The zero-order chi connectivity index (χ0) is 18.4. The zero-order valence-corrected chi connectivity index (χ0v) is 13.7. The third kappa shape index (κ3) is 2.94.